The molecule has 1 aromatic heterocycles. The number of carbonyl (C=O) groups is 1. The number of carboxylic acid groups (broad SMARTS) is 1. The lowest BCUT2D eigenvalue weighted by Gasteiger charge is -2.21. The van der Waals surface area contributed by atoms with Gasteiger partial charge in [0.1, 0.15) is 11.3 Å². The zero-order chi connectivity index (χ0) is 23.8. The van der Waals surface area contributed by atoms with E-state index in [0.717, 1.165) is 4.31 Å². The van der Waals surface area contributed by atoms with Crippen molar-refractivity contribution in [3.05, 3.63) is 58.6 Å². The number of anilines is 1. The van der Waals surface area contributed by atoms with E-state index >= 15 is 0 Å². The fourth-order valence-electron chi connectivity index (χ4n) is 2.57. The van der Waals surface area contributed by atoms with Crippen molar-refractivity contribution in [3.8, 4) is 5.75 Å². The first-order valence-corrected chi connectivity index (χ1v) is 10.5. The second-order valence-corrected chi connectivity index (χ2v) is 8.45. The summed E-state index contributed by atoms with van der Waals surface area (Å²) in [5, 5.41) is 23.1. The Morgan fingerprint density at radius 3 is 2.19 bits per heavy atom. The van der Waals surface area contributed by atoms with Crippen LogP contribution in [0.25, 0.3) is 10.9 Å². The lowest BCUT2D eigenvalue weighted by atomic mass is 10.1. The van der Waals surface area contributed by atoms with Gasteiger partial charge in [-0.05, 0) is 52.3 Å². The van der Waals surface area contributed by atoms with Crippen LogP contribution in [0.1, 0.15) is 10.4 Å². The zero-order valence-corrected chi connectivity index (χ0v) is 18.8. The summed E-state index contributed by atoms with van der Waals surface area (Å²) in [4.78, 5) is 16.0. The van der Waals surface area contributed by atoms with Crippen LogP contribution in [0.2, 0.25) is 0 Å². The lowest BCUT2D eigenvalue weighted by molar-refractivity contribution is 0.0697. The van der Waals surface area contributed by atoms with E-state index in [2.05, 4.69) is 32.7 Å². The number of pyridine rings is 1. The van der Waals surface area contributed by atoms with Crippen molar-refractivity contribution in [2.45, 2.75) is 4.90 Å². The SMILES string of the molecule is COc1ccc(S(=O)(=O)N(C)c2nc3c(Br)cccc3cc2C(=O)O)cc1.NO.NO. The molecule has 0 saturated carbocycles. The molecule has 2 aromatic carbocycles. The Kier molecular flexibility index (Phi) is 9.77. The molecule has 0 bridgehead atoms. The Hall–Kier alpha value is -2.81. The number of fused-ring (bicyclic) bond motifs is 1. The van der Waals surface area contributed by atoms with E-state index in [0.29, 0.717) is 21.1 Å². The van der Waals surface area contributed by atoms with Crippen LogP contribution >= 0.6 is 15.9 Å². The monoisotopic (exact) mass is 516 g/mol. The summed E-state index contributed by atoms with van der Waals surface area (Å²) in [5.41, 5.74) is 0.259. The van der Waals surface area contributed by atoms with E-state index in [1.54, 1.807) is 18.2 Å². The number of hydrogen-bond acceptors (Lipinski definition) is 9. The summed E-state index contributed by atoms with van der Waals surface area (Å²) >= 11 is 3.36. The molecule has 11 nitrogen and oxygen atoms in total. The van der Waals surface area contributed by atoms with Gasteiger partial charge in [-0.3, -0.25) is 4.31 Å². The summed E-state index contributed by atoms with van der Waals surface area (Å²) in [5.74, 6) is 6.07. The molecule has 168 valence electrons. The van der Waals surface area contributed by atoms with Gasteiger partial charge in [0.05, 0.1) is 17.5 Å². The van der Waals surface area contributed by atoms with Crippen LogP contribution in [0.4, 0.5) is 5.82 Å². The highest BCUT2D eigenvalue weighted by Gasteiger charge is 2.27. The van der Waals surface area contributed by atoms with Crippen LogP contribution in [-0.2, 0) is 10.0 Å². The minimum Gasteiger partial charge on any atom is -0.497 e. The van der Waals surface area contributed by atoms with Crippen LogP contribution in [0.5, 0.6) is 5.75 Å². The maximum Gasteiger partial charge on any atom is 0.339 e. The molecule has 0 spiro atoms. The number of nitrogens with two attached hydrogens (primary N) is 2. The largest absolute Gasteiger partial charge is 0.497 e. The normalized spacial score (nSPS) is 10.3. The molecule has 3 aromatic rings. The Morgan fingerprint density at radius 2 is 1.68 bits per heavy atom. The van der Waals surface area contributed by atoms with Crippen LogP contribution in [-0.4, -0.2) is 49.0 Å². The van der Waals surface area contributed by atoms with Crippen LogP contribution in [0.15, 0.2) is 57.9 Å². The molecule has 0 saturated heterocycles. The highest BCUT2D eigenvalue weighted by atomic mass is 79.9. The number of sulfonamides is 1. The van der Waals surface area contributed by atoms with Gasteiger partial charge in [-0.2, -0.15) is 0 Å². The van der Waals surface area contributed by atoms with Crippen molar-refractivity contribution in [3.63, 3.8) is 0 Å². The Balaban J connectivity index is 0.00000113. The number of halogens is 1. The molecule has 7 N–H and O–H groups in total. The van der Waals surface area contributed by atoms with Crippen LogP contribution in [0.3, 0.4) is 0 Å². The third kappa shape index (κ3) is 5.66. The van der Waals surface area contributed by atoms with E-state index in [-0.39, 0.29) is 16.3 Å². The highest BCUT2D eigenvalue weighted by molar-refractivity contribution is 9.10. The van der Waals surface area contributed by atoms with Gasteiger partial charge in [-0.1, -0.05) is 12.1 Å². The number of carboxylic acids is 1. The van der Waals surface area contributed by atoms with E-state index in [1.807, 2.05) is 0 Å². The number of benzene rings is 2. The van der Waals surface area contributed by atoms with Gasteiger partial charge in [0, 0.05) is 16.9 Å². The summed E-state index contributed by atoms with van der Waals surface area (Å²) in [6.45, 7) is 0. The van der Waals surface area contributed by atoms with Gasteiger partial charge in [0.15, 0.2) is 5.82 Å². The molecule has 0 aliphatic heterocycles. The molecule has 3 rings (SSSR count). The maximum atomic E-state index is 13.0. The van der Waals surface area contributed by atoms with Crippen molar-refractivity contribution < 1.29 is 33.5 Å². The number of ether oxygens (including phenoxy) is 1. The van der Waals surface area contributed by atoms with E-state index in [1.165, 1.54) is 44.5 Å². The predicted molar refractivity (Wildman–Crippen MR) is 117 cm³/mol. The van der Waals surface area contributed by atoms with E-state index < -0.39 is 16.0 Å². The van der Waals surface area contributed by atoms with Gasteiger partial charge in [-0.15, -0.1) is 0 Å². The second kappa shape index (κ2) is 11.5. The van der Waals surface area contributed by atoms with Gasteiger partial charge in [0.2, 0.25) is 0 Å². The van der Waals surface area contributed by atoms with Crippen LogP contribution in [0, 0.1) is 0 Å². The number of methoxy groups -OCH3 is 1. The highest BCUT2D eigenvalue weighted by Crippen LogP contribution is 2.30. The summed E-state index contributed by atoms with van der Waals surface area (Å²) in [7, 11) is -1.27. The summed E-state index contributed by atoms with van der Waals surface area (Å²) < 4.78 is 32.5. The van der Waals surface area contributed by atoms with Gasteiger partial charge in [-0.25, -0.2) is 30.0 Å². The van der Waals surface area contributed by atoms with E-state index in [4.69, 9.17) is 15.2 Å². The minimum atomic E-state index is -4.02. The Labute approximate surface area is 186 Å². The molecule has 31 heavy (non-hydrogen) atoms. The molecule has 0 fully saturated rings. The molecule has 0 amide bonds. The molecule has 13 heteroatoms. The van der Waals surface area contributed by atoms with Crippen LogP contribution < -0.4 is 20.8 Å². The fourth-order valence-corrected chi connectivity index (χ4v) is 4.20. The minimum absolute atomic E-state index is 0.00355. The van der Waals surface area contributed by atoms with Crippen molar-refractivity contribution in [1.82, 2.24) is 4.98 Å². The third-order valence-electron chi connectivity index (χ3n) is 4.02. The van der Waals surface area contributed by atoms with Gasteiger partial charge in [0.25, 0.3) is 10.0 Å². The number of aromatic carboxylic acids is 1. The Morgan fingerprint density at radius 1 is 1.10 bits per heavy atom. The standard InChI is InChI=1S/C18H15BrN2O5S.2H3NO/c1-21(27(24,25)13-8-6-12(26-2)7-9-13)17-14(18(22)23)10-11-4-3-5-15(19)16(11)20-17;2*1-2/h3-10H,1-2H3,(H,22,23);2*2H,1H2. The average molecular weight is 517 g/mol. The molecule has 0 aliphatic carbocycles. The smallest absolute Gasteiger partial charge is 0.339 e. The molecule has 0 atom stereocenters. The maximum absolute atomic E-state index is 13.0. The number of hydrogen-bond donors (Lipinski definition) is 5. The third-order valence-corrected chi connectivity index (χ3v) is 6.42. The summed E-state index contributed by atoms with van der Waals surface area (Å²) in [6, 6.07) is 12.4. The predicted octanol–water partition coefficient (Wildman–Crippen LogP) is 2.20. The molecular weight excluding hydrogens is 496 g/mol. The number of nitrogens with zero attached hydrogens (tertiary/aromatic N) is 2. The first-order valence-electron chi connectivity index (χ1n) is 8.23. The average Bonchev–Trinajstić information content (AvgIpc) is 2.80. The molecule has 1 heterocycles. The first-order chi connectivity index (χ1) is 14.8. The van der Waals surface area contributed by atoms with Crippen molar-refractivity contribution in [2.24, 2.45) is 11.8 Å². The topological polar surface area (TPSA) is 189 Å². The molecule has 0 aliphatic rings. The Bertz CT molecular complexity index is 1140. The quantitative estimate of drug-likeness (QED) is 0.314. The molecule has 0 unspecified atom stereocenters. The fraction of sp³-hybridized carbons (Fsp3) is 0.111. The van der Waals surface area contributed by atoms with E-state index in [9.17, 15) is 18.3 Å². The number of rotatable bonds is 5. The zero-order valence-electron chi connectivity index (χ0n) is 16.4. The molecular formula is C18H21BrN4O7S. The van der Waals surface area contributed by atoms with Crippen molar-refractivity contribution in [1.29, 1.82) is 0 Å². The van der Waals surface area contributed by atoms with Crippen molar-refractivity contribution in [2.75, 3.05) is 18.5 Å². The second-order valence-electron chi connectivity index (χ2n) is 5.62. The van der Waals surface area contributed by atoms with Gasteiger partial charge >= 0.3 is 5.97 Å². The number of aromatic nitrogens is 1. The first kappa shape index (κ1) is 26.2. The number of para-hydroxylation sites is 1. The summed E-state index contributed by atoms with van der Waals surface area (Å²) in [6.07, 6.45) is 0. The molecule has 0 radical (unpaired) electrons. The van der Waals surface area contributed by atoms with Gasteiger partial charge < -0.3 is 20.3 Å². The lowest BCUT2D eigenvalue weighted by Crippen LogP contribution is -2.29. The van der Waals surface area contributed by atoms with Crippen molar-refractivity contribution >= 4 is 48.6 Å².